The number of aryl methyl sites for hydroxylation is 1. The zero-order valence-corrected chi connectivity index (χ0v) is 12.2. The monoisotopic (exact) mass is 306 g/mol. The standard InChI is InChI=1S/C15H12Cl2N2O/c1-8-2-5-13-12(19-8)7-14(20-13)15(18)10-6-9(16)3-4-11(10)17/h2-7,15H,18H2,1H3. The van der Waals surface area contributed by atoms with Gasteiger partial charge in [-0.2, -0.15) is 0 Å². The fourth-order valence-electron chi connectivity index (χ4n) is 2.10. The van der Waals surface area contributed by atoms with Gasteiger partial charge in [-0.1, -0.05) is 23.2 Å². The average molecular weight is 307 g/mol. The highest BCUT2D eigenvalue weighted by Crippen LogP contribution is 2.31. The first kappa shape index (κ1) is 13.4. The second-order valence-corrected chi connectivity index (χ2v) is 5.47. The highest BCUT2D eigenvalue weighted by molar-refractivity contribution is 6.33. The molecule has 3 nitrogen and oxygen atoms in total. The Hall–Kier alpha value is -1.55. The summed E-state index contributed by atoms with van der Waals surface area (Å²) >= 11 is 12.2. The molecule has 0 saturated carbocycles. The fourth-order valence-corrected chi connectivity index (χ4v) is 2.52. The van der Waals surface area contributed by atoms with E-state index in [1.54, 1.807) is 18.2 Å². The summed E-state index contributed by atoms with van der Waals surface area (Å²) in [4.78, 5) is 4.40. The maximum Gasteiger partial charge on any atom is 0.152 e. The van der Waals surface area contributed by atoms with Gasteiger partial charge in [0.2, 0.25) is 0 Å². The van der Waals surface area contributed by atoms with Crippen molar-refractivity contribution in [2.45, 2.75) is 13.0 Å². The van der Waals surface area contributed by atoms with Crippen LogP contribution in [0.1, 0.15) is 23.1 Å². The molecule has 3 aromatic rings. The lowest BCUT2D eigenvalue weighted by atomic mass is 10.1. The van der Waals surface area contributed by atoms with Crippen molar-refractivity contribution < 1.29 is 4.42 Å². The smallest absolute Gasteiger partial charge is 0.152 e. The third-order valence-corrected chi connectivity index (χ3v) is 3.71. The van der Waals surface area contributed by atoms with Crippen molar-refractivity contribution >= 4 is 34.3 Å². The number of hydrogen-bond acceptors (Lipinski definition) is 3. The topological polar surface area (TPSA) is 52.0 Å². The Kier molecular flexibility index (Phi) is 3.42. The molecule has 0 amide bonds. The van der Waals surface area contributed by atoms with E-state index < -0.39 is 6.04 Å². The quantitative estimate of drug-likeness (QED) is 0.759. The van der Waals surface area contributed by atoms with Crippen LogP contribution in [0.3, 0.4) is 0 Å². The van der Waals surface area contributed by atoms with Gasteiger partial charge in [-0.3, -0.25) is 0 Å². The van der Waals surface area contributed by atoms with E-state index in [0.717, 1.165) is 16.8 Å². The van der Waals surface area contributed by atoms with Gasteiger partial charge in [0.15, 0.2) is 5.58 Å². The number of nitrogens with zero attached hydrogens (tertiary/aromatic N) is 1. The van der Waals surface area contributed by atoms with Gasteiger partial charge >= 0.3 is 0 Å². The first-order valence-electron chi connectivity index (χ1n) is 6.12. The SMILES string of the molecule is Cc1ccc2oc(C(N)c3cc(Cl)ccc3Cl)cc2n1. The van der Waals surface area contributed by atoms with Gasteiger partial charge in [-0.15, -0.1) is 0 Å². The molecule has 0 bridgehead atoms. The summed E-state index contributed by atoms with van der Waals surface area (Å²) in [5.41, 5.74) is 9.38. The molecule has 2 N–H and O–H groups in total. The molecule has 1 atom stereocenters. The molecule has 20 heavy (non-hydrogen) atoms. The molecule has 5 heteroatoms. The van der Waals surface area contributed by atoms with Crippen LogP contribution in [0.25, 0.3) is 11.1 Å². The summed E-state index contributed by atoms with van der Waals surface area (Å²) in [6, 6.07) is 10.3. The second kappa shape index (κ2) is 5.09. The first-order chi connectivity index (χ1) is 9.54. The van der Waals surface area contributed by atoms with Gasteiger partial charge in [0.05, 0.1) is 6.04 Å². The summed E-state index contributed by atoms with van der Waals surface area (Å²) in [6.07, 6.45) is 0. The van der Waals surface area contributed by atoms with Crippen molar-refractivity contribution in [3.63, 3.8) is 0 Å². The largest absolute Gasteiger partial charge is 0.457 e. The second-order valence-electron chi connectivity index (χ2n) is 4.63. The van der Waals surface area contributed by atoms with Crippen LogP contribution in [0.15, 0.2) is 40.8 Å². The van der Waals surface area contributed by atoms with Crippen LogP contribution in [-0.4, -0.2) is 4.98 Å². The van der Waals surface area contributed by atoms with Gasteiger partial charge < -0.3 is 10.2 Å². The summed E-state index contributed by atoms with van der Waals surface area (Å²) in [5, 5.41) is 1.15. The van der Waals surface area contributed by atoms with Gasteiger partial charge in [-0.25, -0.2) is 4.98 Å². The van der Waals surface area contributed by atoms with E-state index in [1.807, 2.05) is 25.1 Å². The molecule has 1 aromatic carbocycles. The predicted octanol–water partition coefficient (Wildman–Crippen LogP) is 4.49. The summed E-state index contributed by atoms with van der Waals surface area (Å²) in [6.45, 7) is 1.93. The Morgan fingerprint density at radius 1 is 1.15 bits per heavy atom. The molecule has 3 rings (SSSR count). The van der Waals surface area contributed by atoms with Gasteiger partial charge in [-0.05, 0) is 42.8 Å². The van der Waals surface area contributed by atoms with E-state index in [-0.39, 0.29) is 0 Å². The van der Waals surface area contributed by atoms with Crippen molar-refractivity contribution in [3.8, 4) is 0 Å². The fraction of sp³-hybridized carbons (Fsp3) is 0.133. The third-order valence-electron chi connectivity index (χ3n) is 3.13. The van der Waals surface area contributed by atoms with Crippen molar-refractivity contribution in [3.05, 3.63) is 63.5 Å². The number of rotatable bonds is 2. The minimum Gasteiger partial charge on any atom is -0.457 e. The molecule has 2 heterocycles. The molecule has 0 radical (unpaired) electrons. The number of hydrogen-bond donors (Lipinski definition) is 1. The molecular weight excluding hydrogens is 295 g/mol. The van der Waals surface area contributed by atoms with Crippen LogP contribution < -0.4 is 5.73 Å². The van der Waals surface area contributed by atoms with Crippen molar-refractivity contribution in [1.82, 2.24) is 4.98 Å². The lowest BCUT2D eigenvalue weighted by molar-refractivity contribution is 0.525. The van der Waals surface area contributed by atoms with E-state index in [4.69, 9.17) is 33.4 Å². The van der Waals surface area contributed by atoms with Crippen LogP contribution in [0.2, 0.25) is 10.0 Å². The molecule has 0 spiro atoms. The lowest BCUT2D eigenvalue weighted by Gasteiger charge is -2.11. The Morgan fingerprint density at radius 3 is 2.75 bits per heavy atom. The highest BCUT2D eigenvalue weighted by atomic mass is 35.5. The normalized spacial score (nSPS) is 12.8. The van der Waals surface area contributed by atoms with E-state index in [0.29, 0.717) is 21.4 Å². The highest BCUT2D eigenvalue weighted by Gasteiger charge is 2.18. The molecule has 0 saturated heterocycles. The summed E-state index contributed by atoms with van der Waals surface area (Å²) in [5.74, 6) is 0.613. The number of pyridine rings is 1. The Bertz CT molecular complexity index is 783. The number of halogens is 2. The molecule has 102 valence electrons. The van der Waals surface area contributed by atoms with Crippen LogP contribution >= 0.6 is 23.2 Å². The summed E-state index contributed by atoms with van der Waals surface area (Å²) in [7, 11) is 0. The van der Waals surface area contributed by atoms with Gasteiger partial charge in [0.1, 0.15) is 11.3 Å². The van der Waals surface area contributed by atoms with Crippen LogP contribution in [-0.2, 0) is 0 Å². The molecule has 0 fully saturated rings. The van der Waals surface area contributed by atoms with E-state index >= 15 is 0 Å². The molecule has 0 aliphatic rings. The first-order valence-corrected chi connectivity index (χ1v) is 6.88. The van der Waals surface area contributed by atoms with Gasteiger partial charge in [0.25, 0.3) is 0 Å². The molecule has 0 aliphatic heterocycles. The summed E-state index contributed by atoms with van der Waals surface area (Å²) < 4.78 is 5.74. The lowest BCUT2D eigenvalue weighted by Crippen LogP contribution is -2.11. The minimum atomic E-state index is -0.476. The van der Waals surface area contributed by atoms with Crippen molar-refractivity contribution in [2.75, 3.05) is 0 Å². The maximum absolute atomic E-state index is 6.22. The molecule has 0 aliphatic carbocycles. The number of nitrogens with two attached hydrogens (primary N) is 1. The average Bonchev–Trinajstić information content (AvgIpc) is 2.83. The third kappa shape index (κ3) is 2.40. The maximum atomic E-state index is 6.22. The zero-order chi connectivity index (χ0) is 14.3. The van der Waals surface area contributed by atoms with Crippen LogP contribution in [0.4, 0.5) is 0 Å². The predicted molar refractivity (Wildman–Crippen MR) is 81.2 cm³/mol. The van der Waals surface area contributed by atoms with Crippen LogP contribution in [0, 0.1) is 6.92 Å². The molecular formula is C15H12Cl2N2O. The van der Waals surface area contributed by atoms with Crippen molar-refractivity contribution in [2.24, 2.45) is 5.73 Å². The number of aromatic nitrogens is 1. The zero-order valence-electron chi connectivity index (χ0n) is 10.7. The van der Waals surface area contributed by atoms with Gasteiger partial charge in [0, 0.05) is 21.8 Å². The Morgan fingerprint density at radius 2 is 1.95 bits per heavy atom. The van der Waals surface area contributed by atoms with E-state index in [2.05, 4.69) is 4.98 Å². The van der Waals surface area contributed by atoms with E-state index in [9.17, 15) is 0 Å². The van der Waals surface area contributed by atoms with Crippen LogP contribution in [0.5, 0.6) is 0 Å². The number of furan rings is 1. The Balaban J connectivity index is 2.07. The number of fused-ring (bicyclic) bond motifs is 1. The van der Waals surface area contributed by atoms with E-state index in [1.165, 1.54) is 0 Å². The molecule has 1 unspecified atom stereocenters. The number of benzene rings is 1. The Labute approximate surface area is 126 Å². The molecule has 2 aromatic heterocycles. The van der Waals surface area contributed by atoms with Crippen molar-refractivity contribution in [1.29, 1.82) is 0 Å². The minimum absolute atomic E-state index is 0.476.